The summed E-state index contributed by atoms with van der Waals surface area (Å²) < 4.78 is 0. The molecule has 3 fully saturated rings. The Morgan fingerprint density at radius 1 is 1.00 bits per heavy atom. The van der Waals surface area contributed by atoms with E-state index in [0.717, 1.165) is 42.4 Å². The highest BCUT2D eigenvalue weighted by molar-refractivity contribution is 5.88. The van der Waals surface area contributed by atoms with Gasteiger partial charge in [0.25, 0.3) is 0 Å². The Kier molecular flexibility index (Phi) is 5.90. The van der Waals surface area contributed by atoms with Crippen molar-refractivity contribution in [2.75, 3.05) is 19.7 Å². The summed E-state index contributed by atoms with van der Waals surface area (Å²) in [6, 6.07) is 17.5. The van der Waals surface area contributed by atoms with Crippen molar-refractivity contribution < 1.29 is 14.7 Å². The van der Waals surface area contributed by atoms with Crippen LogP contribution in [0.15, 0.2) is 48.5 Å². The first kappa shape index (κ1) is 21.7. The number of hydrogen-bond donors (Lipinski definition) is 1. The molecule has 170 valence electrons. The van der Waals surface area contributed by atoms with Crippen molar-refractivity contribution in [3.8, 4) is 17.2 Å². The molecule has 0 bridgehead atoms. The fraction of sp³-hybridized carbons (Fsp3) is 0.444. The lowest BCUT2D eigenvalue weighted by atomic mass is 9.73. The van der Waals surface area contributed by atoms with Gasteiger partial charge in [-0.1, -0.05) is 55.7 Å². The highest BCUT2D eigenvalue weighted by Crippen LogP contribution is 2.43. The van der Waals surface area contributed by atoms with Crippen LogP contribution >= 0.6 is 0 Å². The third kappa shape index (κ3) is 3.91. The average molecular weight is 444 g/mol. The van der Waals surface area contributed by atoms with Gasteiger partial charge in [-0.3, -0.25) is 9.59 Å². The van der Waals surface area contributed by atoms with Crippen molar-refractivity contribution in [1.29, 1.82) is 5.26 Å². The summed E-state index contributed by atoms with van der Waals surface area (Å²) in [4.78, 5) is 29.6. The number of amides is 2. The maximum absolute atomic E-state index is 13.1. The van der Waals surface area contributed by atoms with Gasteiger partial charge in [0.05, 0.1) is 36.9 Å². The lowest BCUT2D eigenvalue weighted by Crippen LogP contribution is -2.73. The van der Waals surface area contributed by atoms with Crippen LogP contribution in [0.1, 0.15) is 49.1 Å². The molecule has 0 unspecified atom stereocenters. The predicted octanol–water partition coefficient (Wildman–Crippen LogP) is 3.30. The smallest absolute Gasteiger partial charge is 0.242 e. The van der Waals surface area contributed by atoms with E-state index >= 15 is 0 Å². The molecule has 2 saturated heterocycles. The van der Waals surface area contributed by atoms with E-state index in [0.29, 0.717) is 12.1 Å². The number of rotatable bonds is 4. The van der Waals surface area contributed by atoms with E-state index in [-0.39, 0.29) is 48.9 Å². The number of nitriles is 1. The van der Waals surface area contributed by atoms with Gasteiger partial charge in [0.15, 0.2) is 0 Å². The van der Waals surface area contributed by atoms with Crippen molar-refractivity contribution in [2.45, 2.75) is 50.1 Å². The Labute approximate surface area is 194 Å². The molecule has 33 heavy (non-hydrogen) atoms. The quantitative estimate of drug-likeness (QED) is 0.786. The molecule has 1 aliphatic carbocycles. The number of nitrogens with zero attached hydrogens (tertiary/aromatic N) is 3. The molecule has 0 radical (unpaired) electrons. The monoisotopic (exact) mass is 443 g/mol. The zero-order chi connectivity index (χ0) is 22.9. The van der Waals surface area contributed by atoms with Crippen molar-refractivity contribution in [2.24, 2.45) is 5.92 Å². The number of aliphatic hydroxyl groups excluding tert-OH is 1. The highest BCUT2D eigenvalue weighted by atomic mass is 16.3. The third-order valence-electron chi connectivity index (χ3n) is 7.66. The van der Waals surface area contributed by atoms with Crippen LogP contribution < -0.4 is 0 Å². The molecule has 0 spiro atoms. The molecule has 5 rings (SSSR count). The van der Waals surface area contributed by atoms with Gasteiger partial charge in [0.2, 0.25) is 11.8 Å². The lowest BCUT2D eigenvalue weighted by molar-refractivity contribution is -0.168. The first-order valence-corrected chi connectivity index (χ1v) is 11.9. The number of fused-ring (bicyclic) bond motifs is 1. The van der Waals surface area contributed by atoms with Crippen molar-refractivity contribution in [3.05, 3.63) is 59.7 Å². The van der Waals surface area contributed by atoms with Crippen LogP contribution in [0.4, 0.5) is 0 Å². The summed E-state index contributed by atoms with van der Waals surface area (Å²) in [6.45, 7) is 0.590. The van der Waals surface area contributed by atoms with Crippen LogP contribution in [0.5, 0.6) is 0 Å². The fourth-order valence-electron chi connectivity index (χ4n) is 5.91. The Bertz CT molecular complexity index is 1070. The van der Waals surface area contributed by atoms with Crippen molar-refractivity contribution in [1.82, 2.24) is 9.80 Å². The van der Waals surface area contributed by atoms with Gasteiger partial charge in [-0.2, -0.15) is 5.26 Å². The minimum atomic E-state index is -0.241. The number of piperazine rings is 1. The second-order valence-electron chi connectivity index (χ2n) is 9.51. The molecule has 1 N–H and O–H groups in total. The van der Waals surface area contributed by atoms with Crippen LogP contribution in [0.2, 0.25) is 0 Å². The van der Waals surface area contributed by atoms with Gasteiger partial charge in [0, 0.05) is 18.4 Å². The number of hydrogen-bond acceptors (Lipinski definition) is 4. The molecule has 2 heterocycles. The molecule has 6 nitrogen and oxygen atoms in total. The summed E-state index contributed by atoms with van der Waals surface area (Å²) in [5.41, 5.74) is 3.79. The lowest BCUT2D eigenvalue weighted by Gasteiger charge is -2.59. The molecule has 6 heteroatoms. The Hall–Kier alpha value is -3.17. The van der Waals surface area contributed by atoms with Crippen molar-refractivity contribution >= 4 is 11.8 Å². The summed E-state index contributed by atoms with van der Waals surface area (Å²) in [5, 5.41) is 19.0. The van der Waals surface area contributed by atoms with Crippen molar-refractivity contribution in [3.63, 3.8) is 0 Å². The first-order chi connectivity index (χ1) is 16.1. The molecule has 3 atom stereocenters. The normalized spacial score (nSPS) is 25.2. The second kappa shape index (κ2) is 8.99. The van der Waals surface area contributed by atoms with Crippen LogP contribution in [0, 0.1) is 17.2 Å². The maximum Gasteiger partial charge on any atom is 0.242 e. The average Bonchev–Trinajstić information content (AvgIpc) is 2.86. The second-order valence-corrected chi connectivity index (χ2v) is 9.51. The zero-order valence-corrected chi connectivity index (χ0v) is 18.7. The van der Waals surface area contributed by atoms with E-state index in [4.69, 9.17) is 5.26 Å². The van der Waals surface area contributed by atoms with E-state index < -0.39 is 0 Å². The number of carbonyl (C=O) groups is 2. The summed E-state index contributed by atoms with van der Waals surface area (Å²) >= 11 is 0. The van der Waals surface area contributed by atoms with Gasteiger partial charge >= 0.3 is 0 Å². The zero-order valence-electron chi connectivity index (χ0n) is 18.7. The Morgan fingerprint density at radius 3 is 2.24 bits per heavy atom. The van der Waals surface area contributed by atoms with Gasteiger partial charge in [-0.25, -0.2) is 0 Å². The van der Waals surface area contributed by atoms with E-state index in [1.165, 1.54) is 6.42 Å². The minimum Gasteiger partial charge on any atom is -0.394 e. The molecule has 0 aromatic heterocycles. The fourth-order valence-corrected chi connectivity index (χ4v) is 5.91. The largest absolute Gasteiger partial charge is 0.394 e. The van der Waals surface area contributed by atoms with Crippen LogP contribution in [-0.2, 0) is 9.59 Å². The SMILES string of the molecule is N#Cc1ccc(-c2ccc([C@H]3[C@H](CO)N4C(=O)CN(C(=O)C5CCCCC5)C[C@@H]34)cc2)cc1. The molecular weight excluding hydrogens is 414 g/mol. The topological polar surface area (TPSA) is 84.6 Å². The number of carbonyl (C=O) groups excluding carboxylic acids is 2. The van der Waals surface area contributed by atoms with E-state index in [1.807, 2.05) is 24.3 Å². The van der Waals surface area contributed by atoms with Crippen LogP contribution in [-0.4, -0.2) is 58.5 Å². The molecule has 2 amide bonds. The highest BCUT2D eigenvalue weighted by Gasteiger charge is 2.54. The van der Waals surface area contributed by atoms with E-state index in [2.05, 4.69) is 18.2 Å². The first-order valence-electron chi connectivity index (χ1n) is 11.9. The van der Waals surface area contributed by atoms with Gasteiger partial charge < -0.3 is 14.9 Å². The molecule has 1 saturated carbocycles. The third-order valence-corrected chi connectivity index (χ3v) is 7.66. The summed E-state index contributed by atoms with van der Waals surface area (Å²) in [6.07, 6.45) is 5.23. The maximum atomic E-state index is 13.1. The standard InChI is InChI=1S/C27H29N3O3/c28-14-18-6-8-19(9-7-18)20-10-12-21(13-11-20)26-23-15-29(16-25(32)30(23)24(26)17-31)27(33)22-4-2-1-3-5-22/h6-13,22-24,26,31H,1-5,15-17H2/t23-,24-,26+/m0/s1. The predicted molar refractivity (Wildman–Crippen MR) is 124 cm³/mol. The minimum absolute atomic E-state index is 0.0101. The summed E-state index contributed by atoms with van der Waals surface area (Å²) in [7, 11) is 0. The molecule has 2 aliphatic heterocycles. The molecule has 2 aromatic rings. The molecular formula is C27H29N3O3. The van der Waals surface area contributed by atoms with Crippen LogP contribution in [0.3, 0.4) is 0 Å². The van der Waals surface area contributed by atoms with Crippen LogP contribution in [0.25, 0.3) is 11.1 Å². The molecule has 2 aromatic carbocycles. The van der Waals surface area contributed by atoms with Gasteiger partial charge in [-0.15, -0.1) is 0 Å². The summed E-state index contributed by atoms with van der Waals surface area (Å²) in [5.74, 6) is 0.137. The Balaban J connectivity index is 1.34. The Morgan fingerprint density at radius 2 is 1.64 bits per heavy atom. The van der Waals surface area contributed by atoms with Gasteiger partial charge in [-0.05, 0) is 41.7 Å². The van der Waals surface area contributed by atoms with E-state index in [9.17, 15) is 14.7 Å². The molecule has 3 aliphatic rings. The van der Waals surface area contributed by atoms with Gasteiger partial charge in [0.1, 0.15) is 0 Å². The number of aliphatic hydroxyl groups is 1. The van der Waals surface area contributed by atoms with E-state index in [1.54, 1.807) is 21.9 Å². The number of benzene rings is 2.